The number of methoxy groups -OCH3 is 1. The first-order valence-electron chi connectivity index (χ1n) is 6.15. The molecule has 0 fully saturated rings. The predicted octanol–water partition coefficient (Wildman–Crippen LogP) is 1.97. The van der Waals surface area contributed by atoms with Crippen molar-refractivity contribution in [2.45, 2.75) is 31.7 Å². The lowest BCUT2D eigenvalue weighted by molar-refractivity contribution is -0.145. The van der Waals surface area contributed by atoms with E-state index in [1.54, 1.807) is 20.8 Å². The molecule has 0 aliphatic rings. The van der Waals surface area contributed by atoms with E-state index in [0.717, 1.165) is 7.11 Å². The summed E-state index contributed by atoms with van der Waals surface area (Å²) in [4.78, 5) is 10.6. The molecule has 1 rings (SSSR count). The molecule has 0 amide bonds. The third kappa shape index (κ3) is 3.98. The van der Waals surface area contributed by atoms with Gasteiger partial charge in [-0.2, -0.15) is 4.72 Å². The van der Waals surface area contributed by atoms with Crippen molar-refractivity contribution in [3.63, 3.8) is 0 Å². The highest BCUT2D eigenvalue weighted by Gasteiger charge is 2.37. The van der Waals surface area contributed by atoms with Crippen LogP contribution in [0.25, 0.3) is 0 Å². The molecular formula is C13H16F3NO4S. The number of halogens is 3. The first kappa shape index (κ1) is 18.4. The second-order valence-electron chi connectivity index (χ2n) is 5.64. The van der Waals surface area contributed by atoms with Crippen molar-refractivity contribution >= 4 is 16.0 Å². The summed E-state index contributed by atoms with van der Waals surface area (Å²) in [5.74, 6) is -5.40. The van der Waals surface area contributed by atoms with Crippen LogP contribution < -0.4 is 4.72 Å². The highest BCUT2D eigenvalue weighted by atomic mass is 32.2. The summed E-state index contributed by atoms with van der Waals surface area (Å²) < 4.78 is 70.4. The Morgan fingerprint density at radius 1 is 1.14 bits per heavy atom. The van der Waals surface area contributed by atoms with Gasteiger partial charge in [0.05, 0.1) is 7.11 Å². The third-order valence-electron chi connectivity index (χ3n) is 2.84. The van der Waals surface area contributed by atoms with Gasteiger partial charge in [0, 0.05) is 6.07 Å². The molecule has 5 nitrogen and oxygen atoms in total. The second kappa shape index (κ2) is 6.25. The molecule has 1 unspecified atom stereocenters. The molecule has 0 radical (unpaired) electrons. The topological polar surface area (TPSA) is 72.5 Å². The zero-order valence-electron chi connectivity index (χ0n) is 12.4. The lowest BCUT2D eigenvalue weighted by Gasteiger charge is -2.28. The summed E-state index contributed by atoms with van der Waals surface area (Å²) in [6.45, 7) is 4.66. The van der Waals surface area contributed by atoms with E-state index in [-0.39, 0.29) is 12.1 Å². The monoisotopic (exact) mass is 339 g/mol. The van der Waals surface area contributed by atoms with Crippen molar-refractivity contribution in [2.75, 3.05) is 7.11 Å². The van der Waals surface area contributed by atoms with E-state index in [9.17, 15) is 26.4 Å². The number of hydrogen-bond donors (Lipinski definition) is 1. The molecule has 1 aromatic carbocycles. The lowest BCUT2D eigenvalue weighted by atomic mass is 9.87. The summed E-state index contributed by atoms with van der Waals surface area (Å²) in [7, 11) is -3.54. The standard InChI is InChI=1S/C13H16F3NO4S/c1-13(2,3)11(12(18)21-4)17-22(19,20)10-6-8(15)7(14)5-9(10)16/h5-6,11,17H,1-4H3. The Morgan fingerprint density at radius 2 is 1.64 bits per heavy atom. The number of carbonyl (C=O) groups excluding carboxylic acids is 1. The molecule has 1 N–H and O–H groups in total. The number of carbonyl (C=O) groups is 1. The Balaban J connectivity index is 3.30. The maximum atomic E-state index is 13.6. The van der Waals surface area contributed by atoms with E-state index in [2.05, 4.69) is 4.74 Å². The fourth-order valence-electron chi connectivity index (χ4n) is 1.63. The molecule has 0 aromatic heterocycles. The summed E-state index contributed by atoms with van der Waals surface area (Å²) in [6, 6.07) is -1.01. The van der Waals surface area contributed by atoms with Gasteiger partial charge in [-0.25, -0.2) is 21.6 Å². The molecule has 0 saturated heterocycles. The molecular weight excluding hydrogens is 323 g/mol. The first-order chi connectivity index (χ1) is 9.90. The molecule has 9 heteroatoms. The zero-order chi connectivity index (χ0) is 17.3. The van der Waals surface area contributed by atoms with E-state index in [4.69, 9.17) is 0 Å². The number of hydrogen-bond acceptors (Lipinski definition) is 4. The van der Waals surface area contributed by atoms with E-state index in [1.807, 2.05) is 4.72 Å². The molecule has 0 aliphatic carbocycles. The zero-order valence-corrected chi connectivity index (χ0v) is 13.2. The average Bonchev–Trinajstić information content (AvgIpc) is 2.38. The summed E-state index contributed by atoms with van der Waals surface area (Å²) >= 11 is 0. The second-order valence-corrected chi connectivity index (χ2v) is 7.32. The molecule has 124 valence electrons. The average molecular weight is 339 g/mol. The Hall–Kier alpha value is -1.61. The van der Waals surface area contributed by atoms with Crippen LogP contribution in [-0.2, 0) is 19.6 Å². The van der Waals surface area contributed by atoms with Crippen molar-refractivity contribution in [2.24, 2.45) is 5.41 Å². The van der Waals surface area contributed by atoms with Crippen LogP contribution in [0.3, 0.4) is 0 Å². The van der Waals surface area contributed by atoms with Gasteiger partial charge in [-0.1, -0.05) is 20.8 Å². The Bertz CT molecular complexity index is 683. The summed E-state index contributed by atoms with van der Waals surface area (Å²) in [6.07, 6.45) is 0. The Morgan fingerprint density at radius 3 is 2.09 bits per heavy atom. The van der Waals surface area contributed by atoms with Crippen LogP contribution in [0, 0.1) is 22.9 Å². The van der Waals surface area contributed by atoms with E-state index < -0.39 is 49.8 Å². The van der Waals surface area contributed by atoms with Gasteiger partial charge in [0.15, 0.2) is 11.6 Å². The molecule has 0 aliphatic heterocycles. The van der Waals surface area contributed by atoms with Gasteiger partial charge in [0.2, 0.25) is 10.0 Å². The van der Waals surface area contributed by atoms with Gasteiger partial charge in [0.25, 0.3) is 0 Å². The van der Waals surface area contributed by atoms with Crippen molar-refractivity contribution in [1.82, 2.24) is 4.72 Å². The molecule has 0 saturated carbocycles. The number of sulfonamides is 1. The molecule has 0 spiro atoms. The maximum Gasteiger partial charge on any atom is 0.324 e. The highest BCUT2D eigenvalue weighted by molar-refractivity contribution is 7.89. The molecule has 1 aromatic rings. The van der Waals surface area contributed by atoms with Gasteiger partial charge in [-0.15, -0.1) is 0 Å². The van der Waals surface area contributed by atoms with Gasteiger partial charge < -0.3 is 4.74 Å². The third-order valence-corrected chi connectivity index (χ3v) is 4.28. The van der Waals surface area contributed by atoms with Crippen LogP contribution in [0.15, 0.2) is 17.0 Å². The number of ether oxygens (including phenoxy) is 1. The van der Waals surface area contributed by atoms with Crippen LogP contribution in [0.4, 0.5) is 13.2 Å². The quantitative estimate of drug-likeness (QED) is 0.672. The molecule has 1 atom stereocenters. The normalized spacial score (nSPS) is 13.8. The first-order valence-corrected chi connectivity index (χ1v) is 7.63. The molecule has 22 heavy (non-hydrogen) atoms. The molecule has 0 heterocycles. The van der Waals surface area contributed by atoms with Crippen molar-refractivity contribution in [1.29, 1.82) is 0 Å². The van der Waals surface area contributed by atoms with Crippen molar-refractivity contribution in [3.8, 4) is 0 Å². The maximum absolute atomic E-state index is 13.6. The number of rotatable bonds is 4. The van der Waals surface area contributed by atoms with Crippen LogP contribution in [0.2, 0.25) is 0 Å². The van der Waals surface area contributed by atoms with Crippen LogP contribution in [0.1, 0.15) is 20.8 Å². The lowest BCUT2D eigenvalue weighted by Crippen LogP contribution is -2.49. The summed E-state index contributed by atoms with van der Waals surface area (Å²) in [5.41, 5.74) is -0.894. The minimum absolute atomic E-state index is 0.119. The predicted molar refractivity (Wildman–Crippen MR) is 71.9 cm³/mol. The Labute approximate surface area is 126 Å². The van der Waals surface area contributed by atoms with Crippen LogP contribution in [0.5, 0.6) is 0 Å². The SMILES string of the molecule is COC(=O)C(NS(=O)(=O)c1cc(F)c(F)cc1F)C(C)(C)C. The fraction of sp³-hybridized carbons (Fsp3) is 0.462. The van der Waals surface area contributed by atoms with E-state index in [1.165, 1.54) is 0 Å². The van der Waals surface area contributed by atoms with Crippen LogP contribution in [-0.4, -0.2) is 27.5 Å². The largest absolute Gasteiger partial charge is 0.468 e. The van der Waals surface area contributed by atoms with Gasteiger partial charge in [-0.3, -0.25) is 4.79 Å². The smallest absolute Gasteiger partial charge is 0.324 e. The Kier molecular flexibility index (Phi) is 5.24. The minimum atomic E-state index is -4.60. The number of nitrogens with one attached hydrogen (secondary N) is 1. The van der Waals surface area contributed by atoms with Gasteiger partial charge >= 0.3 is 5.97 Å². The fourth-order valence-corrected chi connectivity index (χ4v) is 3.09. The van der Waals surface area contributed by atoms with Gasteiger partial charge in [0.1, 0.15) is 16.8 Å². The number of benzene rings is 1. The summed E-state index contributed by atoms with van der Waals surface area (Å²) in [5, 5.41) is 0. The van der Waals surface area contributed by atoms with E-state index >= 15 is 0 Å². The minimum Gasteiger partial charge on any atom is -0.468 e. The highest BCUT2D eigenvalue weighted by Crippen LogP contribution is 2.24. The van der Waals surface area contributed by atoms with E-state index in [0.29, 0.717) is 0 Å². The van der Waals surface area contributed by atoms with Gasteiger partial charge in [-0.05, 0) is 11.5 Å². The molecule has 0 bridgehead atoms. The van der Waals surface area contributed by atoms with Crippen molar-refractivity contribution in [3.05, 3.63) is 29.6 Å². The number of esters is 1. The van der Waals surface area contributed by atoms with Crippen molar-refractivity contribution < 1.29 is 31.1 Å². The van der Waals surface area contributed by atoms with Crippen LogP contribution >= 0.6 is 0 Å².